The van der Waals surface area contributed by atoms with Gasteiger partial charge in [-0.25, -0.2) is 0 Å². The van der Waals surface area contributed by atoms with Gasteiger partial charge >= 0.3 is 0 Å². The first-order chi connectivity index (χ1) is 12.7. The zero-order chi connectivity index (χ0) is 18.2. The van der Waals surface area contributed by atoms with Crippen molar-refractivity contribution in [2.24, 2.45) is 0 Å². The van der Waals surface area contributed by atoms with E-state index in [9.17, 15) is 4.79 Å². The lowest BCUT2D eigenvalue weighted by Crippen LogP contribution is -2.28. The van der Waals surface area contributed by atoms with Gasteiger partial charge in [0, 0.05) is 6.54 Å². The number of hydrogen-bond acceptors (Lipinski definition) is 3. The predicted molar refractivity (Wildman–Crippen MR) is 102 cm³/mol. The van der Waals surface area contributed by atoms with Crippen LogP contribution in [0.5, 0.6) is 5.75 Å². The number of carbonyl (C=O) groups is 1. The molecule has 0 saturated carbocycles. The van der Waals surface area contributed by atoms with Gasteiger partial charge in [0.15, 0.2) is 6.61 Å². The molecule has 0 unspecified atom stereocenters. The van der Waals surface area contributed by atoms with Crippen molar-refractivity contribution in [2.45, 2.75) is 13.2 Å². The van der Waals surface area contributed by atoms with E-state index >= 15 is 0 Å². The van der Waals surface area contributed by atoms with E-state index in [2.05, 4.69) is 5.32 Å². The molecule has 4 heteroatoms. The van der Waals surface area contributed by atoms with Gasteiger partial charge in [0.2, 0.25) is 0 Å². The van der Waals surface area contributed by atoms with Gasteiger partial charge in [-0.3, -0.25) is 4.79 Å². The van der Waals surface area contributed by atoms with E-state index < -0.39 is 0 Å². The van der Waals surface area contributed by atoms with Crippen molar-refractivity contribution >= 4 is 5.91 Å². The number of hydrogen-bond donors (Lipinski definition) is 2. The number of aliphatic hydroxyl groups is 1. The van der Waals surface area contributed by atoms with Crippen LogP contribution >= 0.6 is 0 Å². The third kappa shape index (κ3) is 4.94. The molecule has 0 spiro atoms. The Labute approximate surface area is 153 Å². The number of ether oxygens (including phenoxy) is 1. The molecule has 0 fully saturated rings. The van der Waals surface area contributed by atoms with Gasteiger partial charge in [-0.05, 0) is 34.4 Å². The molecule has 4 nitrogen and oxygen atoms in total. The molecule has 2 N–H and O–H groups in total. The molecule has 0 bridgehead atoms. The number of nitrogens with one attached hydrogen (secondary N) is 1. The lowest BCUT2D eigenvalue weighted by atomic mass is 10.0. The van der Waals surface area contributed by atoms with E-state index in [1.165, 1.54) is 0 Å². The molecule has 26 heavy (non-hydrogen) atoms. The smallest absolute Gasteiger partial charge is 0.258 e. The zero-order valence-electron chi connectivity index (χ0n) is 14.4. The lowest BCUT2D eigenvalue weighted by Gasteiger charge is -2.09. The summed E-state index contributed by atoms with van der Waals surface area (Å²) in [5, 5.41) is 11.9. The zero-order valence-corrected chi connectivity index (χ0v) is 14.4. The molecule has 0 aliphatic carbocycles. The van der Waals surface area contributed by atoms with Crippen molar-refractivity contribution in [3.8, 4) is 16.9 Å². The summed E-state index contributed by atoms with van der Waals surface area (Å²) in [4.78, 5) is 11.9. The highest BCUT2D eigenvalue weighted by Gasteiger charge is 2.04. The molecule has 0 saturated heterocycles. The Morgan fingerprint density at radius 1 is 0.808 bits per heavy atom. The summed E-state index contributed by atoms with van der Waals surface area (Å²) < 4.78 is 5.54. The standard InChI is InChI=1S/C22H21NO3/c24-15-18-6-8-19(9-7-18)20-10-12-21(13-11-20)26-16-22(25)23-14-17-4-2-1-3-5-17/h1-13,24H,14-16H2,(H,23,25). The van der Waals surface area contributed by atoms with Gasteiger partial charge in [0.05, 0.1) is 6.61 Å². The minimum atomic E-state index is -0.155. The van der Waals surface area contributed by atoms with Crippen molar-refractivity contribution < 1.29 is 14.6 Å². The molecule has 0 aromatic heterocycles. The maximum absolute atomic E-state index is 11.9. The van der Waals surface area contributed by atoms with Crippen molar-refractivity contribution in [1.29, 1.82) is 0 Å². The highest BCUT2D eigenvalue weighted by atomic mass is 16.5. The van der Waals surface area contributed by atoms with Gasteiger partial charge in [-0.1, -0.05) is 66.7 Å². The average molecular weight is 347 g/mol. The minimum absolute atomic E-state index is 0.0165. The number of amides is 1. The topological polar surface area (TPSA) is 58.6 Å². The normalized spacial score (nSPS) is 10.3. The first kappa shape index (κ1) is 17.7. The van der Waals surface area contributed by atoms with Gasteiger partial charge in [-0.15, -0.1) is 0 Å². The summed E-state index contributed by atoms with van der Waals surface area (Å²) in [6.45, 7) is 0.516. The van der Waals surface area contributed by atoms with Crippen LogP contribution in [0, 0.1) is 0 Å². The second-order valence-electron chi connectivity index (χ2n) is 5.93. The van der Waals surface area contributed by atoms with Crippen molar-refractivity contribution in [3.63, 3.8) is 0 Å². The SMILES string of the molecule is O=C(COc1ccc(-c2ccc(CO)cc2)cc1)NCc1ccccc1. The molecule has 0 radical (unpaired) electrons. The Morgan fingerprint density at radius 2 is 1.42 bits per heavy atom. The van der Waals surface area contributed by atoms with E-state index in [1.54, 1.807) is 0 Å². The summed E-state index contributed by atoms with van der Waals surface area (Å²) in [5.41, 5.74) is 4.05. The Balaban J connectivity index is 1.50. The highest BCUT2D eigenvalue weighted by Crippen LogP contribution is 2.22. The van der Waals surface area contributed by atoms with E-state index in [1.807, 2.05) is 78.9 Å². The van der Waals surface area contributed by atoms with Crippen LogP contribution in [-0.4, -0.2) is 17.6 Å². The van der Waals surface area contributed by atoms with Gasteiger partial charge in [-0.2, -0.15) is 0 Å². The maximum Gasteiger partial charge on any atom is 0.258 e. The van der Waals surface area contributed by atoms with Crippen LogP contribution in [0.25, 0.3) is 11.1 Å². The lowest BCUT2D eigenvalue weighted by molar-refractivity contribution is -0.123. The summed E-state index contributed by atoms with van der Waals surface area (Å²) in [6, 6.07) is 25.1. The fourth-order valence-electron chi connectivity index (χ4n) is 2.54. The van der Waals surface area contributed by atoms with E-state index in [0.717, 1.165) is 22.3 Å². The van der Waals surface area contributed by atoms with Crippen LogP contribution in [-0.2, 0) is 17.9 Å². The molecule has 0 aliphatic heterocycles. The number of rotatable bonds is 7. The molecular weight excluding hydrogens is 326 g/mol. The molecule has 0 heterocycles. The third-order valence-electron chi connectivity index (χ3n) is 4.03. The van der Waals surface area contributed by atoms with Crippen LogP contribution in [0.4, 0.5) is 0 Å². The first-order valence-electron chi connectivity index (χ1n) is 8.48. The Bertz CT molecular complexity index is 828. The second-order valence-corrected chi connectivity index (χ2v) is 5.93. The van der Waals surface area contributed by atoms with Crippen molar-refractivity contribution in [2.75, 3.05) is 6.61 Å². The van der Waals surface area contributed by atoms with Gasteiger partial charge < -0.3 is 15.2 Å². The molecule has 1 amide bonds. The summed E-state index contributed by atoms with van der Waals surface area (Å²) in [7, 11) is 0. The molecule has 3 rings (SSSR count). The Hall–Kier alpha value is -3.11. The van der Waals surface area contributed by atoms with E-state index in [0.29, 0.717) is 12.3 Å². The molecular formula is C22H21NO3. The quantitative estimate of drug-likeness (QED) is 0.687. The highest BCUT2D eigenvalue weighted by molar-refractivity contribution is 5.77. The van der Waals surface area contributed by atoms with Gasteiger partial charge in [0.25, 0.3) is 5.91 Å². The maximum atomic E-state index is 11.9. The number of benzene rings is 3. The van der Waals surface area contributed by atoms with E-state index in [4.69, 9.17) is 9.84 Å². The summed E-state index contributed by atoms with van der Waals surface area (Å²) in [6.07, 6.45) is 0. The molecule has 3 aromatic rings. The average Bonchev–Trinajstić information content (AvgIpc) is 2.72. The summed E-state index contributed by atoms with van der Waals surface area (Å²) in [5.74, 6) is 0.494. The third-order valence-corrected chi connectivity index (χ3v) is 4.03. The van der Waals surface area contributed by atoms with Crippen LogP contribution < -0.4 is 10.1 Å². The fourth-order valence-corrected chi connectivity index (χ4v) is 2.54. The van der Waals surface area contributed by atoms with Crippen molar-refractivity contribution in [3.05, 3.63) is 90.0 Å². The first-order valence-corrected chi connectivity index (χ1v) is 8.48. The number of carbonyl (C=O) groups excluding carboxylic acids is 1. The fraction of sp³-hybridized carbons (Fsp3) is 0.136. The number of aliphatic hydroxyl groups excluding tert-OH is 1. The van der Waals surface area contributed by atoms with Crippen LogP contribution in [0.2, 0.25) is 0 Å². The molecule has 132 valence electrons. The molecule has 3 aromatic carbocycles. The van der Waals surface area contributed by atoms with Crippen LogP contribution in [0.3, 0.4) is 0 Å². The Kier molecular flexibility index (Phi) is 6.01. The minimum Gasteiger partial charge on any atom is -0.484 e. The predicted octanol–water partition coefficient (Wildman–Crippen LogP) is 3.54. The van der Waals surface area contributed by atoms with Crippen molar-refractivity contribution in [1.82, 2.24) is 5.32 Å². The van der Waals surface area contributed by atoms with Crippen LogP contribution in [0.15, 0.2) is 78.9 Å². The largest absolute Gasteiger partial charge is 0.484 e. The molecule has 0 atom stereocenters. The van der Waals surface area contributed by atoms with Crippen LogP contribution in [0.1, 0.15) is 11.1 Å². The molecule has 0 aliphatic rings. The van der Waals surface area contributed by atoms with E-state index in [-0.39, 0.29) is 19.1 Å². The Morgan fingerprint density at radius 3 is 2.04 bits per heavy atom. The summed E-state index contributed by atoms with van der Waals surface area (Å²) >= 11 is 0. The van der Waals surface area contributed by atoms with Gasteiger partial charge in [0.1, 0.15) is 5.75 Å². The monoisotopic (exact) mass is 347 g/mol. The second kappa shape index (κ2) is 8.83.